The van der Waals surface area contributed by atoms with Crippen LogP contribution in [0.1, 0.15) is 6.92 Å². The Bertz CT molecular complexity index is 182. The number of carbonyl (C=O) groups excluding carboxylic acids is 1. The van der Waals surface area contributed by atoms with E-state index in [0.717, 1.165) is 0 Å². The molecular weight excluding hydrogens is 136 g/mol. The Hall–Kier alpha value is -1.57. The molecule has 0 spiro atoms. The number of nitrogens with one attached hydrogen (secondary N) is 1. The monoisotopic (exact) mass is 142 g/mol. The zero-order valence-electron chi connectivity index (χ0n) is 5.38. The molecule has 0 fully saturated rings. The average Bonchev–Trinajstić information content (AvgIpc) is 1.89. The fourth-order valence-corrected chi connectivity index (χ4v) is 0.284. The normalized spacial score (nSPS) is 7.60. The third kappa shape index (κ3) is 2.67. The van der Waals surface area contributed by atoms with Crippen molar-refractivity contribution >= 4 is 11.9 Å². The van der Waals surface area contributed by atoms with E-state index < -0.39 is 11.9 Å². The molecule has 10 heavy (non-hydrogen) atoms. The minimum absolute atomic E-state index is 0.163. The molecule has 1 N–H and O–H groups in total. The lowest BCUT2D eigenvalue weighted by Gasteiger charge is -1.97. The number of nitriles is 1. The Kier molecular flexibility index (Phi) is 3.64. The summed E-state index contributed by atoms with van der Waals surface area (Å²) in [6.45, 7) is 1.76. The van der Waals surface area contributed by atoms with Crippen LogP contribution in [0.25, 0.3) is 0 Å². The van der Waals surface area contributed by atoms with E-state index in [4.69, 9.17) is 10.7 Å². The first-order valence-corrected chi connectivity index (χ1v) is 2.54. The van der Waals surface area contributed by atoms with Gasteiger partial charge in [0.05, 0.1) is 6.61 Å². The first-order chi connectivity index (χ1) is 4.72. The molecule has 5 nitrogen and oxygen atoms in total. The van der Waals surface area contributed by atoms with Crippen LogP contribution in [0.15, 0.2) is 0 Å². The molecule has 0 rings (SSSR count). The van der Waals surface area contributed by atoms with Gasteiger partial charge in [-0.2, -0.15) is 0 Å². The summed E-state index contributed by atoms with van der Waals surface area (Å²) in [6, 6.07) is 0. The first-order valence-electron chi connectivity index (χ1n) is 2.54. The molecule has 0 bridgehead atoms. The van der Waals surface area contributed by atoms with Crippen molar-refractivity contribution in [1.82, 2.24) is 0 Å². The molecule has 0 aliphatic rings. The Balaban J connectivity index is 3.74. The van der Waals surface area contributed by atoms with Crippen LogP contribution >= 0.6 is 0 Å². The number of hydrogen-bond acceptors (Lipinski definition) is 5. The van der Waals surface area contributed by atoms with Crippen molar-refractivity contribution < 1.29 is 14.3 Å². The summed E-state index contributed by atoms with van der Waals surface area (Å²) in [6.07, 6.45) is 1.18. The third-order valence-electron chi connectivity index (χ3n) is 0.609. The zero-order valence-corrected chi connectivity index (χ0v) is 5.38. The Morgan fingerprint density at radius 2 is 2.40 bits per heavy atom. The molecule has 54 valence electrons. The van der Waals surface area contributed by atoms with Crippen molar-refractivity contribution in [2.75, 3.05) is 6.61 Å². The van der Waals surface area contributed by atoms with Crippen LogP contribution in [0, 0.1) is 16.9 Å². The molecule has 5 heteroatoms. The largest absolute Gasteiger partial charge is 0.459 e. The van der Waals surface area contributed by atoms with E-state index in [1.165, 1.54) is 6.26 Å². The van der Waals surface area contributed by atoms with Crippen LogP contribution in [0.2, 0.25) is 0 Å². The lowest BCUT2D eigenvalue weighted by molar-refractivity contribution is -0.136. The summed E-state index contributed by atoms with van der Waals surface area (Å²) < 4.78 is 8.19. The molecule has 0 amide bonds. The summed E-state index contributed by atoms with van der Waals surface area (Å²) in [5.74, 6) is -1.71. The highest BCUT2D eigenvalue weighted by atomic mass is 16.6. The molecule has 0 aromatic heterocycles. The van der Waals surface area contributed by atoms with E-state index >= 15 is 0 Å². The quantitative estimate of drug-likeness (QED) is 0.242. The van der Waals surface area contributed by atoms with Crippen molar-refractivity contribution in [3.63, 3.8) is 0 Å². The summed E-state index contributed by atoms with van der Waals surface area (Å²) in [7, 11) is 0. The number of ether oxygens (including phenoxy) is 2. The van der Waals surface area contributed by atoms with E-state index in [9.17, 15) is 4.79 Å². The predicted octanol–water partition coefficient (Wildman–Crippen LogP) is 0.0245. The smallest absolute Gasteiger partial charge is 0.394 e. The summed E-state index contributed by atoms with van der Waals surface area (Å²) in [5.41, 5.74) is 0. The summed E-state index contributed by atoms with van der Waals surface area (Å²) in [4.78, 5) is 10.4. The molecule has 0 radical (unpaired) electrons. The first kappa shape index (κ1) is 8.43. The van der Waals surface area contributed by atoms with E-state index in [1.54, 1.807) is 6.92 Å². The number of nitrogens with zero attached hydrogens (tertiary/aromatic N) is 1. The van der Waals surface area contributed by atoms with Gasteiger partial charge in [-0.05, 0) is 6.92 Å². The average molecular weight is 142 g/mol. The van der Waals surface area contributed by atoms with Crippen LogP contribution < -0.4 is 0 Å². The predicted molar refractivity (Wildman–Crippen MR) is 31.1 cm³/mol. The van der Waals surface area contributed by atoms with Gasteiger partial charge in [0.25, 0.3) is 6.26 Å². The van der Waals surface area contributed by atoms with Gasteiger partial charge < -0.3 is 9.47 Å². The third-order valence-corrected chi connectivity index (χ3v) is 0.609. The minimum Gasteiger partial charge on any atom is -0.459 e. The second-order valence-electron chi connectivity index (χ2n) is 1.24. The van der Waals surface area contributed by atoms with E-state index in [1.807, 2.05) is 0 Å². The highest BCUT2D eigenvalue weighted by molar-refractivity contribution is 6.31. The highest BCUT2D eigenvalue weighted by Gasteiger charge is 2.10. The molecule has 0 saturated carbocycles. The van der Waals surface area contributed by atoms with Crippen molar-refractivity contribution in [2.45, 2.75) is 6.92 Å². The van der Waals surface area contributed by atoms with Gasteiger partial charge >= 0.3 is 11.9 Å². The van der Waals surface area contributed by atoms with Gasteiger partial charge in [-0.25, -0.2) is 4.79 Å². The summed E-state index contributed by atoms with van der Waals surface area (Å²) in [5, 5.41) is 14.5. The van der Waals surface area contributed by atoms with Crippen LogP contribution in [0.3, 0.4) is 0 Å². The zero-order chi connectivity index (χ0) is 7.98. The fourth-order valence-electron chi connectivity index (χ4n) is 0.284. The maximum absolute atomic E-state index is 10.4. The molecule has 0 aromatic rings. The molecular formula is C5H6N2O3. The van der Waals surface area contributed by atoms with Gasteiger partial charge in [-0.3, -0.25) is 5.41 Å². The van der Waals surface area contributed by atoms with Gasteiger partial charge in [0.2, 0.25) is 0 Å². The molecule has 0 atom stereocenters. The van der Waals surface area contributed by atoms with E-state index in [-0.39, 0.29) is 6.61 Å². The Labute approximate surface area is 57.7 Å². The molecule has 0 heterocycles. The second kappa shape index (κ2) is 4.32. The minimum atomic E-state index is -0.927. The SMILES string of the molecule is CCOC(=O)C(=N)OC#N. The lowest BCUT2D eigenvalue weighted by atomic mass is 10.6. The summed E-state index contributed by atoms with van der Waals surface area (Å²) >= 11 is 0. The maximum atomic E-state index is 10.4. The lowest BCUT2D eigenvalue weighted by Crippen LogP contribution is -2.17. The maximum Gasteiger partial charge on any atom is 0.394 e. The van der Waals surface area contributed by atoms with Crippen LogP contribution in [0.4, 0.5) is 0 Å². The molecule has 0 aliphatic carbocycles. The van der Waals surface area contributed by atoms with Crippen molar-refractivity contribution in [2.24, 2.45) is 0 Å². The number of rotatable bonds is 1. The molecule has 0 aliphatic heterocycles. The van der Waals surface area contributed by atoms with Crippen molar-refractivity contribution in [3.8, 4) is 6.26 Å². The van der Waals surface area contributed by atoms with Gasteiger partial charge in [0.1, 0.15) is 0 Å². The molecule has 0 unspecified atom stereocenters. The number of hydrogen-bond donors (Lipinski definition) is 1. The van der Waals surface area contributed by atoms with Gasteiger partial charge in [-0.1, -0.05) is 0 Å². The van der Waals surface area contributed by atoms with Crippen LogP contribution in [-0.4, -0.2) is 18.5 Å². The van der Waals surface area contributed by atoms with Gasteiger partial charge in [0, 0.05) is 0 Å². The Morgan fingerprint density at radius 3 is 2.80 bits per heavy atom. The van der Waals surface area contributed by atoms with Crippen molar-refractivity contribution in [3.05, 3.63) is 0 Å². The Morgan fingerprint density at radius 1 is 1.80 bits per heavy atom. The topological polar surface area (TPSA) is 83.2 Å². The number of carbonyl (C=O) groups is 1. The van der Waals surface area contributed by atoms with Crippen LogP contribution in [-0.2, 0) is 14.3 Å². The second-order valence-corrected chi connectivity index (χ2v) is 1.24. The highest BCUT2D eigenvalue weighted by Crippen LogP contribution is 1.82. The number of esters is 1. The standard InChI is InChI=1S/C5H6N2O3/c1-2-9-5(8)4(7)10-3-6/h7H,2H2,1H3. The fraction of sp³-hybridized carbons (Fsp3) is 0.400. The van der Waals surface area contributed by atoms with Crippen molar-refractivity contribution in [1.29, 1.82) is 10.7 Å². The molecule has 0 saturated heterocycles. The van der Waals surface area contributed by atoms with E-state index in [2.05, 4.69) is 9.47 Å². The van der Waals surface area contributed by atoms with E-state index in [0.29, 0.717) is 0 Å². The van der Waals surface area contributed by atoms with Gasteiger partial charge in [-0.15, -0.1) is 5.26 Å². The van der Waals surface area contributed by atoms with Gasteiger partial charge in [0.15, 0.2) is 0 Å². The molecule has 0 aromatic carbocycles. The van der Waals surface area contributed by atoms with Crippen LogP contribution in [0.5, 0.6) is 0 Å².